The van der Waals surface area contributed by atoms with Gasteiger partial charge in [-0.25, -0.2) is 4.79 Å². The predicted molar refractivity (Wildman–Crippen MR) is 126 cm³/mol. The predicted octanol–water partition coefficient (Wildman–Crippen LogP) is 5.67. The van der Waals surface area contributed by atoms with Gasteiger partial charge >= 0.3 is 5.97 Å². The molecular weight excluding hydrogens is 470 g/mol. The number of alkyl halides is 1. The van der Waals surface area contributed by atoms with E-state index in [1.54, 1.807) is 18.2 Å². The van der Waals surface area contributed by atoms with E-state index in [9.17, 15) is 30.1 Å². The average molecular weight is 492 g/mol. The van der Waals surface area contributed by atoms with Crippen molar-refractivity contribution in [2.24, 2.45) is 5.92 Å². The quantitative estimate of drug-likeness (QED) is 0.287. The van der Waals surface area contributed by atoms with Gasteiger partial charge in [0.1, 0.15) is 0 Å². The lowest BCUT2D eigenvalue weighted by atomic mass is 9.76. The van der Waals surface area contributed by atoms with Gasteiger partial charge in [0.2, 0.25) is 0 Å². The fourth-order valence-electron chi connectivity index (χ4n) is 5.11. The summed E-state index contributed by atoms with van der Waals surface area (Å²) in [6.45, 7) is 2.02. The molecule has 2 aromatic carbocycles. The van der Waals surface area contributed by atoms with Crippen molar-refractivity contribution < 1.29 is 19.7 Å². The summed E-state index contributed by atoms with van der Waals surface area (Å²) < 4.78 is 0. The van der Waals surface area contributed by atoms with Gasteiger partial charge in [-0.3, -0.25) is 20.2 Å². The van der Waals surface area contributed by atoms with Crippen molar-refractivity contribution in [2.45, 2.75) is 53.7 Å². The number of carboxylic acid groups (broad SMARTS) is 1. The van der Waals surface area contributed by atoms with Crippen LogP contribution >= 0.6 is 23.4 Å². The number of aromatic carboxylic acids is 1. The van der Waals surface area contributed by atoms with E-state index in [-0.39, 0.29) is 39.8 Å². The first-order chi connectivity index (χ1) is 15.7. The minimum atomic E-state index is -1.17. The van der Waals surface area contributed by atoms with Crippen LogP contribution in [0, 0.1) is 26.1 Å². The third kappa shape index (κ3) is 4.13. The van der Waals surface area contributed by atoms with Gasteiger partial charge in [0.15, 0.2) is 0 Å². The van der Waals surface area contributed by atoms with Crippen LogP contribution in [0.3, 0.4) is 0 Å². The normalized spacial score (nSPS) is 25.6. The Labute approximate surface area is 198 Å². The number of nitrogens with zero attached hydrogens (tertiary/aromatic N) is 2. The number of anilines is 1. The monoisotopic (exact) mass is 491 g/mol. The summed E-state index contributed by atoms with van der Waals surface area (Å²) >= 11 is 8.26. The highest BCUT2D eigenvalue weighted by Gasteiger charge is 2.52. The number of hydrogen-bond donors (Lipinski definition) is 2. The first kappa shape index (κ1) is 23.3. The van der Waals surface area contributed by atoms with Crippen molar-refractivity contribution in [2.75, 3.05) is 5.32 Å². The molecule has 2 aliphatic rings. The molecule has 1 aliphatic carbocycles. The van der Waals surface area contributed by atoms with Gasteiger partial charge < -0.3 is 10.4 Å². The lowest BCUT2D eigenvalue weighted by Crippen LogP contribution is -2.38. The van der Waals surface area contributed by atoms with Crippen LogP contribution in [0.2, 0.25) is 0 Å². The summed E-state index contributed by atoms with van der Waals surface area (Å²) in [6.07, 6.45) is 2.18. The third-order valence-corrected chi connectivity index (χ3v) is 8.55. The molecule has 2 N–H and O–H groups in total. The Balaban J connectivity index is 1.80. The molecule has 1 aliphatic heterocycles. The van der Waals surface area contributed by atoms with Crippen LogP contribution in [0.25, 0.3) is 0 Å². The Morgan fingerprint density at radius 3 is 2.52 bits per heavy atom. The first-order valence-electron chi connectivity index (χ1n) is 10.6. The van der Waals surface area contributed by atoms with Crippen LogP contribution in [-0.2, 0) is 0 Å². The number of carbonyl (C=O) groups is 1. The van der Waals surface area contributed by atoms with E-state index in [1.807, 2.05) is 6.92 Å². The Morgan fingerprint density at radius 1 is 1.18 bits per heavy atom. The molecular formula is C22H22ClN3O6S. The van der Waals surface area contributed by atoms with Gasteiger partial charge in [0, 0.05) is 29.3 Å². The second kappa shape index (κ2) is 9.18. The molecule has 0 bridgehead atoms. The van der Waals surface area contributed by atoms with Gasteiger partial charge in [-0.05, 0) is 30.9 Å². The third-order valence-electron chi connectivity index (χ3n) is 6.43. The van der Waals surface area contributed by atoms with Crippen LogP contribution < -0.4 is 5.32 Å². The number of benzene rings is 2. The van der Waals surface area contributed by atoms with Crippen molar-refractivity contribution in [3.63, 3.8) is 0 Å². The lowest BCUT2D eigenvalue weighted by Gasteiger charge is -2.38. The molecule has 2 aromatic rings. The molecule has 0 spiro atoms. The summed E-state index contributed by atoms with van der Waals surface area (Å²) in [5, 5.41) is 35.5. The summed E-state index contributed by atoms with van der Waals surface area (Å²) in [5.41, 5.74) is 0.397. The van der Waals surface area contributed by atoms with Crippen molar-refractivity contribution in [3.05, 3.63) is 67.8 Å². The molecule has 174 valence electrons. The molecule has 1 heterocycles. The first-order valence-corrected chi connectivity index (χ1v) is 11.9. The van der Waals surface area contributed by atoms with Crippen LogP contribution in [0.15, 0.2) is 41.3 Å². The van der Waals surface area contributed by atoms with E-state index in [4.69, 9.17) is 11.6 Å². The molecule has 0 radical (unpaired) electrons. The molecule has 0 saturated heterocycles. The number of para-hydroxylation sites is 1. The van der Waals surface area contributed by atoms with E-state index in [0.29, 0.717) is 16.9 Å². The molecule has 0 unspecified atom stereocenters. The SMILES string of the molecule is CCC[C@@H]1Nc2c(C(=O)O)ccc([N+](=O)[O-])c2[C@@H]2[C@H](Cl)[C@@H](Sc3ccccc3[N+](=O)[O-])C[C@@H]21. The number of hydrogen-bond acceptors (Lipinski definition) is 7. The largest absolute Gasteiger partial charge is 0.478 e. The number of rotatable bonds is 7. The molecule has 33 heavy (non-hydrogen) atoms. The Bertz CT molecular complexity index is 1130. The lowest BCUT2D eigenvalue weighted by molar-refractivity contribution is -0.387. The van der Waals surface area contributed by atoms with Gasteiger partial charge in [-0.15, -0.1) is 23.4 Å². The number of fused-ring (bicyclic) bond motifs is 3. The number of nitro groups is 2. The maximum Gasteiger partial charge on any atom is 0.337 e. The summed E-state index contributed by atoms with van der Waals surface area (Å²) in [5.74, 6) is -1.68. The Kier molecular flexibility index (Phi) is 6.49. The van der Waals surface area contributed by atoms with E-state index in [2.05, 4.69) is 5.32 Å². The Hall–Kier alpha value is -2.85. The van der Waals surface area contributed by atoms with Crippen molar-refractivity contribution >= 4 is 46.4 Å². The number of halogens is 1. The molecule has 11 heteroatoms. The minimum Gasteiger partial charge on any atom is -0.478 e. The highest BCUT2D eigenvalue weighted by atomic mass is 35.5. The fraction of sp³-hybridized carbons (Fsp3) is 0.409. The van der Waals surface area contributed by atoms with Crippen LogP contribution in [0.4, 0.5) is 17.1 Å². The zero-order chi connectivity index (χ0) is 23.9. The van der Waals surface area contributed by atoms with Gasteiger partial charge in [0.25, 0.3) is 11.4 Å². The van der Waals surface area contributed by atoms with Gasteiger partial charge in [-0.1, -0.05) is 25.5 Å². The van der Waals surface area contributed by atoms with E-state index < -0.39 is 27.1 Å². The van der Waals surface area contributed by atoms with E-state index >= 15 is 0 Å². The van der Waals surface area contributed by atoms with Gasteiger partial charge in [-0.2, -0.15) is 0 Å². The molecule has 9 nitrogen and oxygen atoms in total. The molecule has 0 aromatic heterocycles. The number of nitrogens with one attached hydrogen (secondary N) is 1. The summed E-state index contributed by atoms with van der Waals surface area (Å²) in [6, 6.07) is 8.82. The highest BCUT2D eigenvalue weighted by Crippen LogP contribution is 2.57. The molecule has 5 atom stereocenters. The standard InChI is InChI=1S/C22H22ClN3O6S/c1-2-5-13-12-10-17(33-16-7-4-3-6-14(16)25(29)30)20(23)18(12)19-15(26(31)32)9-8-11(22(27)28)21(19)24-13/h3-4,6-9,12-13,17-18,20,24H,2,5,10H2,1H3,(H,27,28)/t12-,13+,17+,18-,20-/m1/s1. The molecule has 0 amide bonds. The van der Waals surface area contributed by atoms with E-state index in [1.165, 1.54) is 30.0 Å². The van der Waals surface area contributed by atoms with Crippen LogP contribution in [-0.4, -0.2) is 37.6 Å². The maximum atomic E-state index is 11.9. The second-order valence-electron chi connectivity index (χ2n) is 8.27. The Morgan fingerprint density at radius 2 is 1.88 bits per heavy atom. The molecule has 1 fully saturated rings. The second-order valence-corrected chi connectivity index (χ2v) is 10.1. The zero-order valence-corrected chi connectivity index (χ0v) is 19.2. The highest BCUT2D eigenvalue weighted by molar-refractivity contribution is 8.00. The number of nitro benzene ring substituents is 2. The van der Waals surface area contributed by atoms with Gasteiger partial charge in [0.05, 0.1) is 36.9 Å². The summed E-state index contributed by atoms with van der Waals surface area (Å²) in [4.78, 5) is 34.8. The van der Waals surface area contributed by atoms with Crippen molar-refractivity contribution in [1.82, 2.24) is 0 Å². The van der Waals surface area contributed by atoms with Crippen molar-refractivity contribution in [1.29, 1.82) is 0 Å². The topological polar surface area (TPSA) is 136 Å². The van der Waals surface area contributed by atoms with E-state index in [0.717, 1.165) is 12.8 Å². The molecule has 1 saturated carbocycles. The maximum absolute atomic E-state index is 11.9. The van der Waals surface area contributed by atoms with Crippen LogP contribution in [0.5, 0.6) is 0 Å². The van der Waals surface area contributed by atoms with Crippen molar-refractivity contribution in [3.8, 4) is 0 Å². The summed E-state index contributed by atoms with van der Waals surface area (Å²) in [7, 11) is 0. The number of thioether (sulfide) groups is 1. The zero-order valence-electron chi connectivity index (χ0n) is 17.6. The smallest absolute Gasteiger partial charge is 0.337 e. The number of carboxylic acids is 1. The minimum absolute atomic E-state index is 0.0102. The fourth-order valence-corrected chi connectivity index (χ4v) is 7.05. The average Bonchev–Trinajstić information content (AvgIpc) is 3.09. The van der Waals surface area contributed by atoms with Crippen LogP contribution in [0.1, 0.15) is 48.0 Å². The molecule has 4 rings (SSSR count).